The summed E-state index contributed by atoms with van der Waals surface area (Å²) in [6, 6.07) is 4.73. The van der Waals surface area contributed by atoms with Crippen LogP contribution in [0.2, 0.25) is 0 Å². The quantitative estimate of drug-likeness (QED) is 0.708. The highest BCUT2D eigenvalue weighted by atomic mass is 32.2. The van der Waals surface area contributed by atoms with Gasteiger partial charge in [-0.25, -0.2) is 18.1 Å². The zero-order chi connectivity index (χ0) is 14.4. The van der Waals surface area contributed by atoms with E-state index in [9.17, 15) is 8.42 Å². The number of aliphatic hydroxyl groups excluding tert-OH is 1. The van der Waals surface area contributed by atoms with Crippen LogP contribution in [0.4, 0.5) is 0 Å². The standard InChI is InChI=1S/C12H16N4O3S/c17-10-11-3-4-12(13-9-11)20(18,19)15-6-2-8-16-7-1-5-14-16/h1,3-5,7,9,15,17H,2,6,8,10H2. The molecule has 108 valence electrons. The number of aliphatic hydroxyl groups is 1. The number of pyridine rings is 1. The second-order valence-corrected chi connectivity index (χ2v) is 5.90. The highest BCUT2D eigenvalue weighted by molar-refractivity contribution is 7.89. The van der Waals surface area contributed by atoms with Crippen LogP contribution < -0.4 is 4.72 Å². The molecule has 2 aromatic heterocycles. The fourth-order valence-electron chi connectivity index (χ4n) is 1.62. The first-order valence-electron chi connectivity index (χ1n) is 6.15. The van der Waals surface area contributed by atoms with Gasteiger partial charge >= 0.3 is 0 Å². The number of rotatable bonds is 7. The maximum Gasteiger partial charge on any atom is 0.258 e. The van der Waals surface area contributed by atoms with Crippen molar-refractivity contribution < 1.29 is 13.5 Å². The minimum atomic E-state index is -3.60. The molecule has 0 bridgehead atoms. The highest BCUT2D eigenvalue weighted by Crippen LogP contribution is 2.06. The van der Waals surface area contributed by atoms with Gasteiger partial charge in [0.05, 0.1) is 6.61 Å². The summed E-state index contributed by atoms with van der Waals surface area (Å²) in [5, 5.41) is 12.9. The van der Waals surface area contributed by atoms with E-state index in [-0.39, 0.29) is 11.6 Å². The zero-order valence-electron chi connectivity index (χ0n) is 10.8. The van der Waals surface area contributed by atoms with Crippen molar-refractivity contribution in [3.63, 3.8) is 0 Å². The van der Waals surface area contributed by atoms with Gasteiger partial charge < -0.3 is 5.11 Å². The monoisotopic (exact) mass is 296 g/mol. The maximum atomic E-state index is 11.9. The summed E-state index contributed by atoms with van der Waals surface area (Å²) >= 11 is 0. The summed E-state index contributed by atoms with van der Waals surface area (Å²) in [4.78, 5) is 3.82. The smallest absolute Gasteiger partial charge is 0.258 e. The molecule has 0 atom stereocenters. The molecule has 8 heteroatoms. The lowest BCUT2D eigenvalue weighted by Gasteiger charge is -2.06. The van der Waals surface area contributed by atoms with E-state index in [0.717, 1.165) is 0 Å². The van der Waals surface area contributed by atoms with Gasteiger partial charge in [-0.1, -0.05) is 6.07 Å². The Morgan fingerprint density at radius 2 is 2.20 bits per heavy atom. The Labute approximate surface area is 117 Å². The molecule has 0 fully saturated rings. The number of hydrogen-bond donors (Lipinski definition) is 2. The fraction of sp³-hybridized carbons (Fsp3) is 0.333. The van der Waals surface area contributed by atoms with E-state index in [1.54, 1.807) is 10.9 Å². The lowest BCUT2D eigenvalue weighted by atomic mass is 10.3. The van der Waals surface area contributed by atoms with Crippen LogP contribution in [0.3, 0.4) is 0 Å². The first kappa shape index (κ1) is 14.6. The molecule has 0 spiro atoms. The third-order valence-corrected chi connectivity index (χ3v) is 4.05. The molecule has 0 aromatic carbocycles. The van der Waals surface area contributed by atoms with Crippen LogP contribution >= 0.6 is 0 Å². The lowest BCUT2D eigenvalue weighted by Crippen LogP contribution is -2.26. The molecule has 0 saturated heterocycles. The highest BCUT2D eigenvalue weighted by Gasteiger charge is 2.14. The van der Waals surface area contributed by atoms with Gasteiger partial charge in [-0.3, -0.25) is 4.68 Å². The summed E-state index contributed by atoms with van der Waals surface area (Å²) < 4.78 is 28.1. The van der Waals surface area contributed by atoms with Crippen LogP contribution in [0.5, 0.6) is 0 Å². The molecular formula is C12H16N4O3S. The topological polar surface area (TPSA) is 97.1 Å². The van der Waals surface area contributed by atoms with E-state index in [4.69, 9.17) is 5.11 Å². The predicted molar refractivity (Wildman–Crippen MR) is 72.2 cm³/mol. The van der Waals surface area contributed by atoms with Crippen LogP contribution in [-0.4, -0.2) is 34.8 Å². The van der Waals surface area contributed by atoms with Gasteiger partial charge in [0, 0.05) is 31.7 Å². The largest absolute Gasteiger partial charge is 0.392 e. The molecule has 2 heterocycles. The summed E-state index contributed by atoms with van der Waals surface area (Å²) in [6.45, 7) is 0.794. The lowest BCUT2D eigenvalue weighted by molar-refractivity contribution is 0.281. The van der Waals surface area contributed by atoms with Crippen LogP contribution in [0.25, 0.3) is 0 Å². The number of aryl methyl sites for hydroxylation is 1. The van der Waals surface area contributed by atoms with Crippen LogP contribution in [-0.2, 0) is 23.2 Å². The molecule has 0 saturated carbocycles. The predicted octanol–water partition coefficient (Wildman–Crippen LogP) is 0.139. The van der Waals surface area contributed by atoms with Crippen LogP contribution in [0.1, 0.15) is 12.0 Å². The molecule has 7 nitrogen and oxygen atoms in total. The molecule has 0 amide bonds. The number of nitrogens with zero attached hydrogens (tertiary/aromatic N) is 3. The summed E-state index contributed by atoms with van der Waals surface area (Å²) in [7, 11) is -3.60. The van der Waals surface area contributed by atoms with Gasteiger partial charge in [0.1, 0.15) is 0 Å². The van der Waals surface area contributed by atoms with Gasteiger partial charge in [0.2, 0.25) is 0 Å². The summed E-state index contributed by atoms with van der Waals surface area (Å²) in [5.74, 6) is 0. The molecular weight excluding hydrogens is 280 g/mol. The molecule has 0 unspecified atom stereocenters. The van der Waals surface area contributed by atoms with Gasteiger partial charge in [0.15, 0.2) is 5.03 Å². The molecule has 2 N–H and O–H groups in total. The average molecular weight is 296 g/mol. The van der Waals surface area contributed by atoms with Crippen LogP contribution in [0.15, 0.2) is 41.8 Å². The molecule has 2 rings (SSSR count). The van der Waals surface area contributed by atoms with Crippen molar-refractivity contribution in [1.29, 1.82) is 0 Å². The van der Waals surface area contributed by atoms with E-state index < -0.39 is 10.0 Å². The number of nitrogens with one attached hydrogen (secondary N) is 1. The van der Waals surface area contributed by atoms with E-state index in [1.165, 1.54) is 18.3 Å². The zero-order valence-corrected chi connectivity index (χ0v) is 11.6. The van der Waals surface area contributed by atoms with E-state index in [0.29, 0.717) is 25.1 Å². The van der Waals surface area contributed by atoms with Gasteiger partial charge in [0.25, 0.3) is 10.0 Å². The van der Waals surface area contributed by atoms with E-state index in [1.807, 2.05) is 12.3 Å². The second kappa shape index (κ2) is 6.60. The average Bonchev–Trinajstić information content (AvgIpc) is 2.97. The van der Waals surface area contributed by atoms with Crippen molar-refractivity contribution in [2.75, 3.05) is 6.54 Å². The Kier molecular flexibility index (Phi) is 4.83. The first-order chi connectivity index (χ1) is 9.62. The number of hydrogen-bond acceptors (Lipinski definition) is 5. The number of aromatic nitrogens is 3. The first-order valence-corrected chi connectivity index (χ1v) is 7.63. The SMILES string of the molecule is O=S(=O)(NCCCn1cccn1)c1ccc(CO)cn1. The third kappa shape index (κ3) is 3.86. The van der Waals surface area contributed by atoms with E-state index in [2.05, 4.69) is 14.8 Å². The Morgan fingerprint density at radius 1 is 1.35 bits per heavy atom. The molecule has 0 aliphatic rings. The van der Waals surface area contributed by atoms with Crippen molar-refractivity contribution in [1.82, 2.24) is 19.5 Å². The van der Waals surface area contributed by atoms with Crippen molar-refractivity contribution in [3.05, 3.63) is 42.4 Å². The fourth-order valence-corrected chi connectivity index (χ4v) is 2.62. The minimum absolute atomic E-state index is 0.0474. The molecule has 0 radical (unpaired) electrons. The van der Waals surface area contributed by atoms with Gasteiger partial charge in [-0.05, 0) is 24.1 Å². The Morgan fingerprint density at radius 3 is 2.80 bits per heavy atom. The van der Waals surface area contributed by atoms with Crippen molar-refractivity contribution >= 4 is 10.0 Å². The number of sulfonamides is 1. The molecule has 20 heavy (non-hydrogen) atoms. The maximum absolute atomic E-state index is 11.9. The molecule has 0 aliphatic heterocycles. The van der Waals surface area contributed by atoms with Crippen LogP contribution in [0, 0.1) is 0 Å². The summed E-state index contributed by atoms with van der Waals surface area (Å²) in [6.07, 6.45) is 5.48. The summed E-state index contributed by atoms with van der Waals surface area (Å²) in [5.41, 5.74) is 0.572. The van der Waals surface area contributed by atoms with E-state index >= 15 is 0 Å². The Balaban J connectivity index is 1.86. The third-order valence-electron chi connectivity index (χ3n) is 2.67. The molecule has 2 aromatic rings. The Hall–Kier alpha value is -1.77. The van der Waals surface area contributed by atoms with Crippen molar-refractivity contribution in [2.24, 2.45) is 0 Å². The normalized spacial score (nSPS) is 11.7. The Bertz CT molecular complexity index is 623. The molecule has 0 aliphatic carbocycles. The second-order valence-electron chi connectivity index (χ2n) is 4.18. The van der Waals surface area contributed by atoms with Crippen molar-refractivity contribution in [3.8, 4) is 0 Å². The van der Waals surface area contributed by atoms with Gasteiger partial charge in [-0.2, -0.15) is 5.10 Å². The minimum Gasteiger partial charge on any atom is -0.392 e. The van der Waals surface area contributed by atoms with Gasteiger partial charge in [-0.15, -0.1) is 0 Å². The van der Waals surface area contributed by atoms with Crippen molar-refractivity contribution in [2.45, 2.75) is 24.6 Å².